The molecule has 1 N–H and O–H groups in total. The molecule has 23 heavy (non-hydrogen) atoms. The Morgan fingerprint density at radius 3 is 2.13 bits per heavy atom. The van der Waals surface area contributed by atoms with Gasteiger partial charge in [0.25, 0.3) is 0 Å². The zero-order chi connectivity index (χ0) is 17.8. The van der Waals surface area contributed by atoms with Crippen LogP contribution in [-0.4, -0.2) is 27.5 Å². The van der Waals surface area contributed by atoms with Crippen molar-refractivity contribution in [2.45, 2.75) is 45.6 Å². The molecule has 0 fully saturated rings. The summed E-state index contributed by atoms with van der Waals surface area (Å²) in [5.74, 6) is -0.533. The number of esters is 1. The van der Waals surface area contributed by atoms with Gasteiger partial charge in [0.1, 0.15) is 0 Å². The van der Waals surface area contributed by atoms with Gasteiger partial charge < -0.3 is 4.74 Å². The van der Waals surface area contributed by atoms with Gasteiger partial charge in [-0.3, -0.25) is 0 Å². The Balaban J connectivity index is 3.18. The normalized spacial score (nSPS) is 13.5. The van der Waals surface area contributed by atoms with E-state index in [1.54, 1.807) is 13.8 Å². The lowest BCUT2D eigenvalue weighted by Gasteiger charge is -2.21. The summed E-state index contributed by atoms with van der Waals surface area (Å²) in [7, 11) is -2.41. The van der Waals surface area contributed by atoms with Crippen LogP contribution in [0.15, 0.2) is 29.2 Å². The van der Waals surface area contributed by atoms with Crippen LogP contribution in [0, 0.1) is 26.7 Å². The zero-order valence-electron chi connectivity index (χ0n) is 14.5. The highest BCUT2D eigenvalue weighted by molar-refractivity contribution is 7.89. The van der Waals surface area contributed by atoms with Crippen LogP contribution in [0.4, 0.5) is 0 Å². The van der Waals surface area contributed by atoms with Crippen LogP contribution in [0.3, 0.4) is 0 Å². The molecule has 0 bridgehead atoms. The number of hydrogen-bond acceptors (Lipinski definition) is 4. The van der Waals surface area contributed by atoms with Crippen molar-refractivity contribution in [3.05, 3.63) is 41.0 Å². The van der Waals surface area contributed by atoms with Gasteiger partial charge in [-0.2, -0.15) is 0 Å². The first-order valence-electron chi connectivity index (χ1n) is 7.44. The number of carbonyl (C=O) groups is 1. The maximum atomic E-state index is 12.8. The van der Waals surface area contributed by atoms with Crippen molar-refractivity contribution < 1.29 is 17.9 Å². The minimum atomic E-state index is -3.69. The predicted molar refractivity (Wildman–Crippen MR) is 90.8 cm³/mol. The van der Waals surface area contributed by atoms with E-state index >= 15 is 0 Å². The quantitative estimate of drug-likeness (QED) is 0.639. The minimum Gasteiger partial charge on any atom is -0.466 e. The highest BCUT2D eigenvalue weighted by Crippen LogP contribution is 2.22. The lowest BCUT2D eigenvalue weighted by molar-refractivity contribution is -0.134. The Morgan fingerprint density at radius 2 is 1.70 bits per heavy atom. The van der Waals surface area contributed by atoms with E-state index in [4.69, 9.17) is 0 Å². The standard InChI is InChI=1S/C17H25NO4S/c1-11(2)15(7-8-16(19)22-6)18-23(20,21)17-13(4)9-12(3)10-14(17)5/h7-11,15,18H,1-6H3/b8-7+/t15-/m1/s1. The second kappa shape index (κ2) is 7.75. The summed E-state index contributed by atoms with van der Waals surface area (Å²) in [5.41, 5.74) is 2.42. The minimum absolute atomic E-state index is 0.0169. The maximum absolute atomic E-state index is 12.8. The number of sulfonamides is 1. The third kappa shape index (κ3) is 5.18. The van der Waals surface area contributed by atoms with E-state index in [1.165, 1.54) is 19.3 Å². The molecule has 5 nitrogen and oxygen atoms in total. The van der Waals surface area contributed by atoms with Gasteiger partial charge in [0, 0.05) is 12.1 Å². The second-order valence-corrected chi connectivity index (χ2v) is 7.65. The SMILES string of the molecule is COC(=O)/C=C/[C@@H](NS(=O)(=O)c1c(C)cc(C)cc1C)C(C)C. The number of methoxy groups -OCH3 is 1. The molecule has 0 unspecified atom stereocenters. The van der Waals surface area contributed by atoms with Crippen LogP contribution in [0.1, 0.15) is 30.5 Å². The Labute approximate surface area is 138 Å². The topological polar surface area (TPSA) is 72.5 Å². The smallest absolute Gasteiger partial charge is 0.330 e. The van der Waals surface area contributed by atoms with E-state index in [0.29, 0.717) is 16.0 Å². The fraction of sp³-hybridized carbons (Fsp3) is 0.471. The molecule has 0 aromatic heterocycles. The first kappa shape index (κ1) is 19.4. The van der Waals surface area contributed by atoms with Crippen molar-refractivity contribution in [1.29, 1.82) is 0 Å². The molecule has 1 aromatic carbocycles. The molecule has 0 amide bonds. The van der Waals surface area contributed by atoms with Crippen LogP contribution < -0.4 is 4.72 Å². The van der Waals surface area contributed by atoms with Gasteiger partial charge in [-0.25, -0.2) is 17.9 Å². The van der Waals surface area contributed by atoms with Gasteiger partial charge in [0.15, 0.2) is 0 Å². The molecule has 0 aliphatic heterocycles. The predicted octanol–water partition coefficient (Wildman–Crippen LogP) is 2.64. The van der Waals surface area contributed by atoms with Crippen molar-refractivity contribution >= 4 is 16.0 Å². The monoisotopic (exact) mass is 339 g/mol. The second-order valence-electron chi connectivity index (χ2n) is 6.00. The van der Waals surface area contributed by atoms with Crippen molar-refractivity contribution in [2.75, 3.05) is 7.11 Å². The molecule has 0 spiro atoms. The summed E-state index contributed by atoms with van der Waals surface area (Å²) < 4.78 is 32.7. The van der Waals surface area contributed by atoms with Gasteiger partial charge in [-0.05, 0) is 37.8 Å². The first-order chi connectivity index (χ1) is 10.6. The van der Waals surface area contributed by atoms with Crippen LogP contribution in [0.5, 0.6) is 0 Å². The highest BCUT2D eigenvalue weighted by atomic mass is 32.2. The summed E-state index contributed by atoms with van der Waals surface area (Å²) >= 11 is 0. The molecule has 0 aliphatic carbocycles. The molecule has 1 aromatic rings. The van der Waals surface area contributed by atoms with Crippen molar-refractivity contribution in [3.8, 4) is 0 Å². The summed E-state index contributed by atoms with van der Waals surface area (Å²) in [5, 5.41) is 0. The van der Waals surface area contributed by atoms with Gasteiger partial charge in [-0.15, -0.1) is 0 Å². The Morgan fingerprint density at radius 1 is 1.17 bits per heavy atom. The molecule has 0 saturated heterocycles. The molecule has 128 valence electrons. The molecule has 0 heterocycles. The lowest BCUT2D eigenvalue weighted by atomic mass is 10.1. The maximum Gasteiger partial charge on any atom is 0.330 e. The number of benzene rings is 1. The van der Waals surface area contributed by atoms with Crippen molar-refractivity contribution in [2.24, 2.45) is 5.92 Å². The summed E-state index contributed by atoms with van der Waals surface area (Å²) in [4.78, 5) is 11.5. The number of aryl methyl sites for hydroxylation is 3. The van der Waals surface area contributed by atoms with E-state index in [1.807, 2.05) is 32.9 Å². The average Bonchev–Trinajstić information content (AvgIpc) is 2.40. The Bertz CT molecular complexity index is 682. The molecule has 0 saturated carbocycles. The Hall–Kier alpha value is -1.66. The molecule has 6 heteroatoms. The van der Waals surface area contributed by atoms with Crippen LogP contribution in [0.25, 0.3) is 0 Å². The van der Waals surface area contributed by atoms with Gasteiger partial charge in [-0.1, -0.05) is 37.6 Å². The fourth-order valence-electron chi connectivity index (χ4n) is 2.48. The van der Waals surface area contributed by atoms with Crippen molar-refractivity contribution in [3.63, 3.8) is 0 Å². The third-order valence-electron chi connectivity index (χ3n) is 3.52. The molecular formula is C17H25NO4S. The zero-order valence-corrected chi connectivity index (χ0v) is 15.3. The van der Waals surface area contributed by atoms with Crippen LogP contribution >= 0.6 is 0 Å². The number of carbonyl (C=O) groups excluding carboxylic acids is 1. The number of nitrogens with one attached hydrogen (secondary N) is 1. The number of ether oxygens (including phenoxy) is 1. The van der Waals surface area contributed by atoms with E-state index < -0.39 is 22.0 Å². The third-order valence-corrected chi connectivity index (χ3v) is 5.29. The average molecular weight is 339 g/mol. The van der Waals surface area contributed by atoms with E-state index in [-0.39, 0.29) is 5.92 Å². The van der Waals surface area contributed by atoms with Crippen LogP contribution in [-0.2, 0) is 19.6 Å². The van der Waals surface area contributed by atoms with Gasteiger partial charge in [0.05, 0.1) is 12.0 Å². The van der Waals surface area contributed by atoms with Crippen LogP contribution in [0.2, 0.25) is 0 Å². The first-order valence-corrected chi connectivity index (χ1v) is 8.93. The van der Waals surface area contributed by atoms with Crippen molar-refractivity contribution in [1.82, 2.24) is 4.72 Å². The molecule has 1 atom stereocenters. The number of rotatable bonds is 6. The van der Waals surface area contributed by atoms with E-state index in [0.717, 1.165) is 5.56 Å². The molecule has 0 aliphatic rings. The molecular weight excluding hydrogens is 314 g/mol. The lowest BCUT2D eigenvalue weighted by Crippen LogP contribution is -2.37. The molecule has 1 rings (SSSR count). The van der Waals surface area contributed by atoms with E-state index in [2.05, 4.69) is 9.46 Å². The fourth-order valence-corrected chi connectivity index (χ4v) is 4.27. The highest BCUT2D eigenvalue weighted by Gasteiger charge is 2.24. The van der Waals surface area contributed by atoms with Gasteiger partial charge >= 0.3 is 5.97 Å². The number of hydrogen-bond donors (Lipinski definition) is 1. The largest absolute Gasteiger partial charge is 0.466 e. The van der Waals surface area contributed by atoms with Gasteiger partial charge in [0.2, 0.25) is 10.0 Å². The van der Waals surface area contributed by atoms with E-state index in [9.17, 15) is 13.2 Å². The Kier molecular flexibility index (Phi) is 6.53. The summed E-state index contributed by atoms with van der Waals surface area (Å²) in [6.07, 6.45) is 2.76. The molecule has 0 radical (unpaired) electrons. The summed E-state index contributed by atoms with van der Waals surface area (Å²) in [6, 6.07) is 3.19. The summed E-state index contributed by atoms with van der Waals surface area (Å²) in [6.45, 7) is 9.25.